The molecule has 2 saturated heterocycles. The molecule has 1 amide bonds. The Kier molecular flexibility index (Phi) is 4.98. The number of anilines is 1. The van der Waals surface area contributed by atoms with Crippen LogP contribution in [0.1, 0.15) is 24.3 Å². The van der Waals surface area contributed by atoms with Gasteiger partial charge in [-0.1, -0.05) is 0 Å². The van der Waals surface area contributed by atoms with Gasteiger partial charge in [0, 0.05) is 41.2 Å². The summed E-state index contributed by atoms with van der Waals surface area (Å²) in [7, 11) is 0. The summed E-state index contributed by atoms with van der Waals surface area (Å²) >= 11 is 0. The third kappa shape index (κ3) is 3.59. The number of hydrogen-bond donors (Lipinski definition) is 1. The van der Waals surface area contributed by atoms with Crippen molar-refractivity contribution in [1.82, 2.24) is 4.98 Å². The molecule has 0 saturated carbocycles. The number of nitrogens with one attached hydrogen (secondary N) is 1. The van der Waals surface area contributed by atoms with Crippen molar-refractivity contribution in [1.29, 1.82) is 0 Å². The van der Waals surface area contributed by atoms with Crippen LogP contribution < -0.4 is 5.32 Å². The van der Waals surface area contributed by atoms with Gasteiger partial charge in [0.2, 0.25) is 5.91 Å². The minimum absolute atomic E-state index is 0.00609. The molecule has 3 aromatic rings. The van der Waals surface area contributed by atoms with Gasteiger partial charge in [-0.25, -0.2) is 13.2 Å². The van der Waals surface area contributed by atoms with Crippen LogP contribution in [0.15, 0.2) is 60.9 Å². The van der Waals surface area contributed by atoms with Gasteiger partial charge in [0.1, 0.15) is 17.5 Å². The predicted molar refractivity (Wildman–Crippen MR) is 109 cm³/mol. The Hall–Kier alpha value is -3.19. The van der Waals surface area contributed by atoms with Gasteiger partial charge >= 0.3 is 0 Å². The highest BCUT2D eigenvalue weighted by Gasteiger charge is 2.52. The summed E-state index contributed by atoms with van der Waals surface area (Å²) in [5, 5.41) is 2.78. The van der Waals surface area contributed by atoms with E-state index in [1.807, 2.05) is 12.1 Å². The maximum absolute atomic E-state index is 14.7. The Morgan fingerprint density at radius 3 is 2.29 bits per heavy atom. The molecule has 0 aliphatic carbocycles. The maximum atomic E-state index is 14.7. The van der Waals surface area contributed by atoms with Gasteiger partial charge in [0.25, 0.3) is 0 Å². The molecule has 0 radical (unpaired) electrons. The fraction of sp³-hybridized carbons (Fsp3) is 0.250. The molecule has 31 heavy (non-hydrogen) atoms. The van der Waals surface area contributed by atoms with E-state index in [9.17, 15) is 18.0 Å². The zero-order valence-corrected chi connectivity index (χ0v) is 16.4. The van der Waals surface area contributed by atoms with Gasteiger partial charge in [-0.3, -0.25) is 9.78 Å². The number of fused-ring (bicyclic) bond motifs is 2. The molecule has 2 aliphatic heterocycles. The van der Waals surface area contributed by atoms with Crippen LogP contribution >= 0.6 is 0 Å². The summed E-state index contributed by atoms with van der Waals surface area (Å²) in [4.78, 5) is 17.2. The number of carbonyl (C=O) groups excluding carboxylic acids is 1. The minimum Gasteiger partial charge on any atom is -0.373 e. The van der Waals surface area contributed by atoms with Crippen LogP contribution in [0, 0.1) is 23.4 Å². The van der Waals surface area contributed by atoms with Gasteiger partial charge in [-0.15, -0.1) is 0 Å². The van der Waals surface area contributed by atoms with Crippen LogP contribution in [0.5, 0.6) is 0 Å². The first kappa shape index (κ1) is 19.8. The number of halogens is 3. The summed E-state index contributed by atoms with van der Waals surface area (Å²) in [5.41, 5.74) is 1.21. The third-order valence-corrected chi connectivity index (χ3v) is 6.12. The molecule has 1 aromatic heterocycles. The highest BCUT2D eigenvalue weighted by atomic mass is 19.1. The highest BCUT2D eigenvalue weighted by Crippen LogP contribution is 2.49. The summed E-state index contributed by atoms with van der Waals surface area (Å²) in [5.74, 6) is -3.01. The second-order valence-corrected chi connectivity index (χ2v) is 7.93. The number of ether oxygens (including phenoxy) is 1. The van der Waals surface area contributed by atoms with E-state index in [4.69, 9.17) is 4.74 Å². The van der Waals surface area contributed by atoms with Gasteiger partial charge in [0.15, 0.2) is 0 Å². The molecule has 4 atom stereocenters. The van der Waals surface area contributed by atoms with Crippen molar-refractivity contribution >= 4 is 11.6 Å². The van der Waals surface area contributed by atoms with E-state index in [0.717, 1.165) is 30.5 Å². The lowest BCUT2D eigenvalue weighted by atomic mass is 9.75. The normalized spacial score (nSPS) is 24.4. The van der Waals surface area contributed by atoms with Crippen LogP contribution in [0.25, 0.3) is 11.1 Å². The standard InChI is InChI=1S/C24H19F3N2O2/c25-14-1-3-16(18(26)11-14)17-4-2-15(12-19(17)27)29-24(30)23-21-6-5-20(31-21)22(23)13-7-9-28-10-8-13/h1-4,7-12,20-23H,5-6H2,(H,29,30)/t20-,21+,22-,23-/m0/s1. The average Bonchev–Trinajstić information content (AvgIpc) is 3.37. The van der Waals surface area contributed by atoms with Crippen LogP contribution in [0.4, 0.5) is 18.9 Å². The summed E-state index contributed by atoms with van der Waals surface area (Å²) in [6, 6.07) is 10.8. The van der Waals surface area contributed by atoms with Gasteiger partial charge in [0.05, 0.1) is 18.1 Å². The average molecular weight is 424 g/mol. The highest BCUT2D eigenvalue weighted by molar-refractivity contribution is 5.94. The van der Waals surface area contributed by atoms with Gasteiger partial charge in [-0.2, -0.15) is 0 Å². The molecule has 2 aliphatic rings. The van der Waals surface area contributed by atoms with Crippen LogP contribution in [0.2, 0.25) is 0 Å². The molecule has 3 heterocycles. The number of amides is 1. The number of hydrogen-bond acceptors (Lipinski definition) is 3. The minimum atomic E-state index is -0.852. The maximum Gasteiger partial charge on any atom is 0.230 e. The van der Waals surface area contributed by atoms with E-state index in [0.29, 0.717) is 6.07 Å². The Morgan fingerprint density at radius 1 is 0.903 bits per heavy atom. The number of rotatable bonds is 4. The van der Waals surface area contributed by atoms with Crippen molar-refractivity contribution in [3.63, 3.8) is 0 Å². The van der Waals surface area contributed by atoms with Crippen molar-refractivity contribution in [3.8, 4) is 11.1 Å². The molecule has 2 fully saturated rings. The van der Waals surface area contributed by atoms with Crippen molar-refractivity contribution in [2.75, 3.05) is 5.32 Å². The van der Waals surface area contributed by atoms with Crippen LogP contribution in [0.3, 0.4) is 0 Å². The van der Waals surface area contributed by atoms with E-state index in [1.165, 1.54) is 18.2 Å². The van der Waals surface area contributed by atoms with Gasteiger partial charge in [-0.05, 0) is 60.9 Å². The molecule has 2 bridgehead atoms. The monoisotopic (exact) mass is 424 g/mol. The lowest BCUT2D eigenvalue weighted by Gasteiger charge is -2.27. The number of pyridine rings is 1. The molecule has 158 valence electrons. The molecular weight excluding hydrogens is 405 g/mol. The Balaban J connectivity index is 1.38. The van der Waals surface area contributed by atoms with E-state index in [2.05, 4.69) is 10.3 Å². The largest absolute Gasteiger partial charge is 0.373 e. The van der Waals surface area contributed by atoms with E-state index < -0.39 is 23.4 Å². The van der Waals surface area contributed by atoms with Gasteiger partial charge < -0.3 is 10.1 Å². The molecule has 0 unspecified atom stereocenters. The zero-order chi connectivity index (χ0) is 21.5. The fourth-order valence-electron chi connectivity index (χ4n) is 4.76. The Morgan fingerprint density at radius 2 is 1.58 bits per heavy atom. The summed E-state index contributed by atoms with van der Waals surface area (Å²) in [6.07, 6.45) is 4.89. The van der Waals surface area contributed by atoms with Crippen molar-refractivity contribution in [3.05, 3.63) is 83.9 Å². The SMILES string of the molecule is O=C(Nc1ccc(-c2ccc(F)cc2F)c(F)c1)[C@@H]1[C@@H](c2ccncc2)[C@@H]2CC[C@H]1O2. The molecule has 5 rings (SSSR count). The first-order valence-corrected chi connectivity index (χ1v) is 10.1. The molecular formula is C24H19F3N2O2. The fourth-order valence-corrected chi connectivity index (χ4v) is 4.76. The first-order chi connectivity index (χ1) is 15.0. The van der Waals surface area contributed by atoms with E-state index in [-0.39, 0.29) is 40.8 Å². The zero-order valence-electron chi connectivity index (χ0n) is 16.4. The van der Waals surface area contributed by atoms with E-state index in [1.54, 1.807) is 12.4 Å². The topological polar surface area (TPSA) is 51.2 Å². The predicted octanol–water partition coefficient (Wildman–Crippen LogP) is 5.07. The van der Waals surface area contributed by atoms with Crippen molar-refractivity contribution < 1.29 is 22.7 Å². The molecule has 4 nitrogen and oxygen atoms in total. The molecule has 7 heteroatoms. The number of benzene rings is 2. The lowest BCUT2D eigenvalue weighted by Crippen LogP contribution is -2.36. The quantitative estimate of drug-likeness (QED) is 0.637. The lowest BCUT2D eigenvalue weighted by molar-refractivity contribution is -0.121. The number of carbonyl (C=O) groups is 1. The van der Waals surface area contributed by atoms with Crippen molar-refractivity contribution in [2.24, 2.45) is 5.92 Å². The first-order valence-electron chi connectivity index (χ1n) is 10.1. The van der Waals surface area contributed by atoms with Crippen molar-refractivity contribution in [2.45, 2.75) is 31.0 Å². The second kappa shape index (κ2) is 7.81. The molecule has 0 spiro atoms. The Bertz CT molecular complexity index is 1140. The van der Waals surface area contributed by atoms with Crippen LogP contribution in [-0.4, -0.2) is 23.1 Å². The summed E-state index contributed by atoms with van der Waals surface area (Å²) in [6.45, 7) is 0. The third-order valence-electron chi connectivity index (χ3n) is 6.12. The Labute approximate surface area is 177 Å². The second-order valence-electron chi connectivity index (χ2n) is 7.93. The molecule has 1 N–H and O–H groups in total. The molecule has 2 aromatic carbocycles. The number of aromatic nitrogens is 1. The summed E-state index contributed by atoms with van der Waals surface area (Å²) < 4.78 is 47.9. The van der Waals surface area contributed by atoms with E-state index >= 15 is 0 Å². The smallest absolute Gasteiger partial charge is 0.230 e. The van der Waals surface area contributed by atoms with Crippen LogP contribution in [-0.2, 0) is 9.53 Å². The number of nitrogens with zero attached hydrogens (tertiary/aromatic N) is 1.